The van der Waals surface area contributed by atoms with Crippen molar-refractivity contribution in [1.82, 2.24) is 23.2 Å². The van der Waals surface area contributed by atoms with E-state index >= 15 is 0 Å². The van der Waals surface area contributed by atoms with Gasteiger partial charge in [-0.05, 0) is 12.8 Å². The summed E-state index contributed by atoms with van der Waals surface area (Å²) < 4.78 is 31.0. The van der Waals surface area contributed by atoms with Crippen LogP contribution >= 0.6 is 0 Å². The molecular weight excluding hydrogens is 294 g/mol. The van der Waals surface area contributed by atoms with E-state index in [0.717, 1.165) is 12.8 Å². The average molecular weight is 311 g/mol. The number of nitrogens with zero attached hydrogens (tertiary/aromatic N) is 4. The Morgan fingerprint density at radius 2 is 2.14 bits per heavy atom. The van der Waals surface area contributed by atoms with Gasteiger partial charge in [0.15, 0.2) is 0 Å². The molecule has 0 atom stereocenters. The predicted octanol–water partition coefficient (Wildman–Crippen LogP) is -0.538. The van der Waals surface area contributed by atoms with Gasteiger partial charge < -0.3 is 4.57 Å². The van der Waals surface area contributed by atoms with Crippen LogP contribution in [0.5, 0.6) is 0 Å². The lowest BCUT2D eigenvalue weighted by molar-refractivity contribution is 0.452. The summed E-state index contributed by atoms with van der Waals surface area (Å²) in [4.78, 5) is 12.1. The molecule has 0 amide bonds. The van der Waals surface area contributed by atoms with Crippen molar-refractivity contribution in [3.8, 4) is 0 Å². The van der Waals surface area contributed by atoms with E-state index in [4.69, 9.17) is 0 Å². The molecule has 9 heteroatoms. The predicted molar refractivity (Wildman–Crippen MR) is 77.0 cm³/mol. The third-order valence-corrected chi connectivity index (χ3v) is 5.28. The maximum Gasteiger partial charge on any atom is 0.279 e. The van der Waals surface area contributed by atoms with Crippen LogP contribution in [0.15, 0.2) is 23.4 Å². The summed E-state index contributed by atoms with van der Waals surface area (Å²) in [6, 6.07) is 0.0966. The Morgan fingerprint density at radius 3 is 2.81 bits per heavy atom. The zero-order valence-corrected chi connectivity index (χ0v) is 12.7. The van der Waals surface area contributed by atoms with Gasteiger partial charge >= 0.3 is 0 Å². The number of rotatable bonds is 5. The lowest BCUT2D eigenvalue weighted by atomic mass is 10.3. The third-order valence-electron chi connectivity index (χ3n) is 3.71. The molecule has 21 heavy (non-hydrogen) atoms. The molecule has 0 aliphatic heterocycles. The second kappa shape index (κ2) is 4.93. The molecule has 0 aromatic carbocycles. The van der Waals surface area contributed by atoms with Crippen LogP contribution in [0.25, 0.3) is 5.52 Å². The number of fused-ring (bicyclic) bond motifs is 1. The minimum Gasteiger partial charge on any atom is -0.315 e. The van der Waals surface area contributed by atoms with Crippen molar-refractivity contribution in [2.75, 3.05) is 7.05 Å². The molecule has 1 fully saturated rings. The van der Waals surface area contributed by atoms with Gasteiger partial charge in [0, 0.05) is 44.6 Å². The molecule has 0 saturated heterocycles. The molecule has 1 saturated carbocycles. The van der Waals surface area contributed by atoms with Gasteiger partial charge in [0.2, 0.25) is 0 Å². The fraction of sp³-hybridized carbons (Fsp3) is 0.500. The summed E-state index contributed by atoms with van der Waals surface area (Å²) in [6.07, 6.45) is 6.57. The minimum atomic E-state index is -3.53. The van der Waals surface area contributed by atoms with Crippen LogP contribution in [0, 0.1) is 0 Å². The van der Waals surface area contributed by atoms with E-state index in [0.29, 0.717) is 11.1 Å². The molecule has 114 valence electrons. The second-order valence-electron chi connectivity index (χ2n) is 5.25. The van der Waals surface area contributed by atoms with Gasteiger partial charge in [-0.3, -0.25) is 4.79 Å². The Bertz CT molecular complexity index is 834. The molecule has 1 aliphatic carbocycles. The highest BCUT2D eigenvalue weighted by Gasteiger charge is 2.33. The summed E-state index contributed by atoms with van der Waals surface area (Å²) in [5.74, 6) is 0. The highest BCUT2D eigenvalue weighted by Crippen LogP contribution is 2.27. The summed E-state index contributed by atoms with van der Waals surface area (Å²) in [7, 11) is -0.320. The van der Waals surface area contributed by atoms with Gasteiger partial charge in [-0.1, -0.05) is 0 Å². The molecule has 0 radical (unpaired) electrons. The molecule has 2 aromatic heterocycles. The van der Waals surface area contributed by atoms with E-state index in [1.807, 2.05) is 0 Å². The number of aryl methyl sites for hydroxylation is 1. The van der Waals surface area contributed by atoms with E-state index in [9.17, 15) is 13.2 Å². The van der Waals surface area contributed by atoms with Gasteiger partial charge in [0.05, 0.1) is 6.20 Å². The molecule has 8 nitrogen and oxygen atoms in total. The SMILES string of the molecule is CN(C1CC1)S(=O)(=O)NCc1cnn2ccn(C)c(=O)c12. The van der Waals surface area contributed by atoms with Gasteiger partial charge in [0.1, 0.15) is 5.52 Å². The highest BCUT2D eigenvalue weighted by atomic mass is 32.2. The van der Waals surface area contributed by atoms with Crippen LogP contribution in [0.2, 0.25) is 0 Å². The molecule has 0 unspecified atom stereocenters. The van der Waals surface area contributed by atoms with E-state index in [2.05, 4.69) is 9.82 Å². The van der Waals surface area contributed by atoms with Crippen molar-refractivity contribution in [1.29, 1.82) is 0 Å². The van der Waals surface area contributed by atoms with Crippen molar-refractivity contribution in [2.24, 2.45) is 7.05 Å². The first-order chi connectivity index (χ1) is 9.90. The standard InChI is InChI=1S/C12H17N5O3S/c1-15-5-6-17-11(12(15)18)9(7-13-17)8-14-21(19,20)16(2)10-3-4-10/h5-7,10,14H,3-4,8H2,1-2H3. The van der Waals surface area contributed by atoms with Crippen LogP contribution in [0.1, 0.15) is 18.4 Å². The number of hydrogen-bond donors (Lipinski definition) is 1. The van der Waals surface area contributed by atoms with Gasteiger partial charge in [-0.2, -0.15) is 22.5 Å². The number of aromatic nitrogens is 3. The van der Waals surface area contributed by atoms with Crippen molar-refractivity contribution < 1.29 is 8.42 Å². The zero-order valence-electron chi connectivity index (χ0n) is 11.9. The first-order valence-corrected chi connectivity index (χ1v) is 8.08. The lowest BCUT2D eigenvalue weighted by Crippen LogP contribution is -2.39. The molecule has 2 aromatic rings. The van der Waals surface area contributed by atoms with E-state index in [1.54, 1.807) is 26.5 Å². The Kier molecular flexibility index (Phi) is 3.34. The van der Waals surface area contributed by atoms with Gasteiger partial charge in [-0.15, -0.1) is 0 Å². The summed E-state index contributed by atoms with van der Waals surface area (Å²) in [5, 5.41) is 4.07. The first-order valence-electron chi connectivity index (χ1n) is 6.64. The van der Waals surface area contributed by atoms with Crippen molar-refractivity contribution in [3.63, 3.8) is 0 Å². The average Bonchev–Trinajstić information content (AvgIpc) is 3.20. The Labute approximate surface area is 122 Å². The maximum absolute atomic E-state index is 12.1. The number of hydrogen-bond acceptors (Lipinski definition) is 4. The van der Waals surface area contributed by atoms with Gasteiger partial charge in [-0.25, -0.2) is 4.52 Å². The minimum absolute atomic E-state index is 0.0438. The van der Waals surface area contributed by atoms with Gasteiger partial charge in [0.25, 0.3) is 15.8 Å². The first kappa shape index (κ1) is 14.2. The zero-order chi connectivity index (χ0) is 15.2. The second-order valence-corrected chi connectivity index (χ2v) is 7.07. The molecule has 2 heterocycles. The van der Waals surface area contributed by atoms with Crippen molar-refractivity contribution in [3.05, 3.63) is 34.5 Å². The molecule has 0 bridgehead atoms. The third kappa shape index (κ3) is 2.59. The van der Waals surface area contributed by atoms with E-state index < -0.39 is 10.2 Å². The molecule has 0 spiro atoms. The molecule has 1 N–H and O–H groups in total. The van der Waals surface area contributed by atoms with Crippen molar-refractivity contribution in [2.45, 2.75) is 25.4 Å². The van der Waals surface area contributed by atoms with E-state index in [-0.39, 0.29) is 18.1 Å². The topological polar surface area (TPSA) is 88.7 Å². The Morgan fingerprint density at radius 1 is 1.43 bits per heavy atom. The largest absolute Gasteiger partial charge is 0.315 e. The molecular formula is C12H17N5O3S. The fourth-order valence-corrected chi connectivity index (χ4v) is 3.32. The smallest absolute Gasteiger partial charge is 0.279 e. The maximum atomic E-state index is 12.1. The summed E-state index contributed by atoms with van der Waals surface area (Å²) in [5.41, 5.74) is 0.737. The fourth-order valence-electron chi connectivity index (χ4n) is 2.18. The summed E-state index contributed by atoms with van der Waals surface area (Å²) in [6.45, 7) is 0.0438. The normalized spacial score (nSPS) is 16.0. The Hall–Kier alpha value is -1.71. The monoisotopic (exact) mass is 311 g/mol. The summed E-state index contributed by atoms with van der Waals surface area (Å²) >= 11 is 0. The number of nitrogens with one attached hydrogen (secondary N) is 1. The van der Waals surface area contributed by atoms with Crippen LogP contribution in [-0.4, -0.2) is 40.0 Å². The van der Waals surface area contributed by atoms with E-state index in [1.165, 1.54) is 19.6 Å². The molecule has 1 aliphatic rings. The van der Waals surface area contributed by atoms with Crippen molar-refractivity contribution >= 4 is 15.7 Å². The molecule has 3 rings (SSSR count). The lowest BCUT2D eigenvalue weighted by Gasteiger charge is -2.16. The Balaban J connectivity index is 1.86. The highest BCUT2D eigenvalue weighted by molar-refractivity contribution is 7.87. The van der Waals surface area contributed by atoms with Crippen LogP contribution in [0.4, 0.5) is 0 Å². The quantitative estimate of drug-likeness (QED) is 0.803. The van der Waals surface area contributed by atoms with Crippen LogP contribution in [0.3, 0.4) is 0 Å². The van der Waals surface area contributed by atoms with Crippen LogP contribution in [-0.2, 0) is 23.8 Å². The van der Waals surface area contributed by atoms with Crippen LogP contribution < -0.4 is 10.3 Å².